The van der Waals surface area contributed by atoms with E-state index in [1.54, 1.807) is 0 Å². The summed E-state index contributed by atoms with van der Waals surface area (Å²) >= 11 is 0. The van der Waals surface area contributed by atoms with Gasteiger partial charge in [-0.05, 0) is 30.5 Å². The number of rotatable bonds is 7. The van der Waals surface area contributed by atoms with Crippen molar-refractivity contribution in [1.29, 1.82) is 0 Å². The van der Waals surface area contributed by atoms with Gasteiger partial charge in [-0.1, -0.05) is 31.2 Å². The summed E-state index contributed by atoms with van der Waals surface area (Å²) in [4.78, 5) is 0. The molecule has 0 saturated carbocycles. The first-order chi connectivity index (χ1) is 7.76. The van der Waals surface area contributed by atoms with Crippen LogP contribution in [0.2, 0.25) is 0 Å². The van der Waals surface area contributed by atoms with Gasteiger partial charge in [0, 0.05) is 19.1 Å². The largest absolute Gasteiger partial charge is 0.329 e. The van der Waals surface area contributed by atoms with Crippen molar-refractivity contribution in [3.8, 4) is 0 Å². The van der Waals surface area contributed by atoms with Gasteiger partial charge in [-0.2, -0.15) is 0 Å². The van der Waals surface area contributed by atoms with E-state index in [1.807, 2.05) is 0 Å². The Bertz CT molecular complexity index is 282. The lowest BCUT2D eigenvalue weighted by atomic mass is 10.1. The zero-order valence-corrected chi connectivity index (χ0v) is 10.1. The first kappa shape index (κ1) is 13.2. The van der Waals surface area contributed by atoms with Crippen LogP contribution in [0.1, 0.15) is 18.1 Å². The second-order valence-electron chi connectivity index (χ2n) is 4.12. The molecule has 16 heavy (non-hydrogen) atoms. The van der Waals surface area contributed by atoms with E-state index in [2.05, 4.69) is 36.5 Å². The van der Waals surface area contributed by atoms with Crippen molar-refractivity contribution < 1.29 is 0 Å². The fraction of sp³-hybridized carbons (Fsp3) is 0.538. The number of aryl methyl sites for hydroxylation is 1. The van der Waals surface area contributed by atoms with Crippen molar-refractivity contribution in [2.75, 3.05) is 19.6 Å². The molecule has 5 N–H and O–H groups in total. The summed E-state index contributed by atoms with van der Waals surface area (Å²) in [6, 6.07) is 8.86. The molecule has 3 heteroatoms. The first-order valence-electron chi connectivity index (χ1n) is 6.00. The topological polar surface area (TPSA) is 64.1 Å². The Balaban J connectivity index is 2.21. The molecule has 1 rings (SSSR count). The van der Waals surface area contributed by atoms with Crippen molar-refractivity contribution in [2.45, 2.75) is 25.8 Å². The highest BCUT2D eigenvalue weighted by atomic mass is 14.9. The lowest BCUT2D eigenvalue weighted by Gasteiger charge is -2.10. The highest BCUT2D eigenvalue weighted by molar-refractivity contribution is 5.22. The molecule has 0 aliphatic rings. The molecule has 1 aromatic carbocycles. The van der Waals surface area contributed by atoms with E-state index in [9.17, 15) is 0 Å². The van der Waals surface area contributed by atoms with E-state index in [-0.39, 0.29) is 6.04 Å². The van der Waals surface area contributed by atoms with Crippen molar-refractivity contribution in [3.05, 3.63) is 35.4 Å². The summed E-state index contributed by atoms with van der Waals surface area (Å²) in [6.07, 6.45) is 2.14. The van der Waals surface area contributed by atoms with Crippen LogP contribution in [0.15, 0.2) is 24.3 Å². The molecule has 0 saturated heterocycles. The van der Waals surface area contributed by atoms with Crippen LogP contribution in [-0.4, -0.2) is 25.7 Å². The van der Waals surface area contributed by atoms with Gasteiger partial charge >= 0.3 is 0 Å². The Kier molecular flexibility index (Phi) is 6.08. The molecule has 0 heterocycles. The SMILES string of the molecule is CCc1ccc(CCNCC(N)CN)cc1. The molecule has 1 atom stereocenters. The molecule has 0 spiro atoms. The predicted octanol–water partition coefficient (Wildman–Crippen LogP) is 0.667. The molecule has 0 aliphatic carbocycles. The minimum atomic E-state index is 0.0717. The third kappa shape index (κ3) is 4.75. The monoisotopic (exact) mass is 221 g/mol. The average Bonchev–Trinajstić information content (AvgIpc) is 2.35. The van der Waals surface area contributed by atoms with E-state index in [0.717, 1.165) is 25.9 Å². The maximum Gasteiger partial charge on any atom is 0.0290 e. The number of nitrogens with one attached hydrogen (secondary N) is 1. The Morgan fingerprint density at radius 1 is 1.19 bits per heavy atom. The molecule has 1 aromatic rings. The average molecular weight is 221 g/mol. The van der Waals surface area contributed by atoms with Gasteiger partial charge in [0.05, 0.1) is 0 Å². The van der Waals surface area contributed by atoms with Crippen LogP contribution in [-0.2, 0) is 12.8 Å². The minimum absolute atomic E-state index is 0.0717. The summed E-state index contributed by atoms with van der Waals surface area (Å²) in [7, 11) is 0. The third-order valence-corrected chi connectivity index (χ3v) is 2.73. The lowest BCUT2D eigenvalue weighted by molar-refractivity contribution is 0.583. The maximum atomic E-state index is 5.70. The molecule has 0 aliphatic heterocycles. The Morgan fingerprint density at radius 3 is 2.38 bits per heavy atom. The van der Waals surface area contributed by atoms with Crippen LogP contribution < -0.4 is 16.8 Å². The standard InChI is InChI=1S/C13H23N3/c1-2-11-3-5-12(6-4-11)7-8-16-10-13(15)9-14/h3-6,13,16H,2,7-10,14-15H2,1H3. The highest BCUT2D eigenvalue weighted by Gasteiger charge is 1.98. The van der Waals surface area contributed by atoms with Gasteiger partial charge < -0.3 is 16.8 Å². The summed E-state index contributed by atoms with van der Waals surface area (Å²) < 4.78 is 0. The molecule has 3 nitrogen and oxygen atoms in total. The smallest absolute Gasteiger partial charge is 0.0290 e. The van der Waals surface area contributed by atoms with E-state index < -0.39 is 0 Å². The van der Waals surface area contributed by atoms with Crippen molar-refractivity contribution in [2.24, 2.45) is 11.5 Å². The number of hydrogen-bond donors (Lipinski definition) is 3. The Labute approximate surface area is 98.2 Å². The lowest BCUT2D eigenvalue weighted by Crippen LogP contribution is -2.40. The van der Waals surface area contributed by atoms with Gasteiger partial charge in [0.2, 0.25) is 0 Å². The van der Waals surface area contributed by atoms with E-state index in [1.165, 1.54) is 11.1 Å². The summed E-state index contributed by atoms with van der Waals surface area (Å²) in [6.45, 7) is 4.46. The first-order valence-corrected chi connectivity index (χ1v) is 6.00. The molecule has 0 amide bonds. The number of nitrogens with two attached hydrogens (primary N) is 2. The summed E-state index contributed by atoms with van der Waals surface area (Å²) in [5.74, 6) is 0. The predicted molar refractivity (Wildman–Crippen MR) is 69.4 cm³/mol. The minimum Gasteiger partial charge on any atom is -0.329 e. The molecular formula is C13H23N3. The van der Waals surface area contributed by atoms with Crippen molar-refractivity contribution in [3.63, 3.8) is 0 Å². The number of hydrogen-bond acceptors (Lipinski definition) is 3. The van der Waals surface area contributed by atoms with Gasteiger partial charge in [-0.25, -0.2) is 0 Å². The highest BCUT2D eigenvalue weighted by Crippen LogP contribution is 2.05. The van der Waals surface area contributed by atoms with Gasteiger partial charge in [0.1, 0.15) is 0 Å². The molecule has 0 aromatic heterocycles. The van der Waals surface area contributed by atoms with Crippen LogP contribution in [0.5, 0.6) is 0 Å². The summed E-state index contributed by atoms with van der Waals surface area (Å²) in [5.41, 5.74) is 13.9. The molecule has 0 radical (unpaired) electrons. The Morgan fingerprint density at radius 2 is 1.81 bits per heavy atom. The molecule has 90 valence electrons. The third-order valence-electron chi connectivity index (χ3n) is 2.73. The molecule has 0 bridgehead atoms. The maximum absolute atomic E-state index is 5.70. The van der Waals surface area contributed by atoms with E-state index in [0.29, 0.717) is 6.54 Å². The van der Waals surface area contributed by atoms with Crippen molar-refractivity contribution >= 4 is 0 Å². The summed E-state index contributed by atoms with van der Waals surface area (Å²) in [5, 5.41) is 3.31. The fourth-order valence-corrected chi connectivity index (χ4v) is 1.55. The van der Waals surface area contributed by atoms with E-state index >= 15 is 0 Å². The van der Waals surface area contributed by atoms with E-state index in [4.69, 9.17) is 11.5 Å². The zero-order chi connectivity index (χ0) is 11.8. The molecular weight excluding hydrogens is 198 g/mol. The normalized spacial score (nSPS) is 12.7. The Hall–Kier alpha value is -0.900. The van der Waals surface area contributed by atoms with Crippen molar-refractivity contribution in [1.82, 2.24) is 5.32 Å². The van der Waals surface area contributed by atoms with Crippen LogP contribution in [0.4, 0.5) is 0 Å². The van der Waals surface area contributed by atoms with Crippen LogP contribution in [0.25, 0.3) is 0 Å². The van der Waals surface area contributed by atoms with Crippen LogP contribution >= 0.6 is 0 Å². The van der Waals surface area contributed by atoms with Gasteiger partial charge in [0.15, 0.2) is 0 Å². The second-order valence-corrected chi connectivity index (χ2v) is 4.12. The fourth-order valence-electron chi connectivity index (χ4n) is 1.55. The van der Waals surface area contributed by atoms with Crippen LogP contribution in [0, 0.1) is 0 Å². The molecule has 0 fully saturated rings. The van der Waals surface area contributed by atoms with Gasteiger partial charge in [-0.15, -0.1) is 0 Å². The molecule has 1 unspecified atom stereocenters. The van der Waals surface area contributed by atoms with Gasteiger partial charge in [0.25, 0.3) is 0 Å². The zero-order valence-electron chi connectivity index (χ0n) is 10.1. The van der Waals surface area contributed by atoms with Gasteiger partial charge in [-0.3, -0.25) is 0 Å². The number of benzene rings is 1. The second kappa shape index (κ2) is 7.39. The van der Waals surface area contributed by atoms with Crippen LogP contribution in [0.3, 0.4) is 0 Å². The quantitative estimate of drug-likeness (QED) is 0.593.